The molecule has 3 heteroatoms. The Labute approximate surface area is 89.1 Å². The molecule has 0 saturated carbocycles. The molecule has 0 spiro atoms. The van der Waals surface area contributed by atoms with Gasteiger partial charge in [-0.05, 0) is 30.2 Å². The zero-order valence-electron chi connectivity index (χ0n) is 9.16. The van der Waals surface area contributed by atoms with Gasteiger partial charge in [0.05, 0.1) is 0 Å². The summed E-state index contributed by atoms with van der Waals surface area (Å²) in [7, 11) is 1.51. The first kappa shape index (κ1) is 11.9. The molecule has 1 rings (SSSR count). The minimum Gasteiger partial charge on any atom is -0.373 e. The number of Topliss-reactive ketones (excluding diaryl/α,β-unsaturated/α-hetero) is 1. The second-order valence-electron chi connectivity index (χ2n) is 3.77. The molecule has 1 aromatic rings. The van der Waals surface area contributed by atoms with Gasteiger partial charge in [-0.15, -0.1) is 0 Å². The van der Waals surface area contributed by atoms with Crippen molar-refractivity contribution >= 4 is 5.78 Å². The second kappa shape index (κ2) is 5.03. The fourth-order valence-corrected chi connectivity index (χ4v) is 1.46. The van der Waals surface area contributed by atoms with E-state index < -0.39 is 6.10 Å². The van der Waals surface area contributed by atoms with Crippen molar-refractivity contribution in [3.05, 3.63) is 35.6 Å². The highest BCUT2D eigenvalue weighted by Gasteiger charge is 2.22. The van der Waals surface area contributed by atoms with E-state index in [1.165, 1.54) is 31.4 Å². The largest absolute Gasteiger partial charge is 0.373 e. The number of benzene rings is 1. The molecule has 1 unspecified atom stereocenters. The summed E-state index contributed by atoms with van der Waals surface area (Å²) in [6, 6.07) is 5.51. The Morgan fingerprint density at radius 2 is 1.80 bits per heavy atom. The first-order valence-electron chi connectivity index (χ1n) is 4.89. The maximum atomic E-state index is 12.6. The van der Waals surface area contributed by atoms with Crippen molar-refractivity contribution in [3.63, 3.8) is 0 Å². The lowest BCUT2D eigenvalue weighted by Crippen LogP contribution is -2.28. The third kappa shape index (κ3) is 2.86. The summed E-state index contributed by atoms with van der Waals surface area (Å²) < 4.78 is 17.8. The Balaban J connectivity index is 2.88. The third-order valence-electron chi connectivity index (χ3n) is 2.25. The van der Waals surface area contributed by atoms with Gasteiger partial charge in [-0.25, -0.2) is 4.39 Å². The molecule has 0 amide bonds. The van der Waals surface area contributed by atoms with E-state index in [4.69, 9.17) is 4.74 Å². The molecule has 0 bridgehead atoms. The third-order valence-corrected chi connectivity index (χ3v) is 2.25. The van der Waals surface area contributed by atoms with Gasteiger partial charge in [0.15, 0.2) is 5.78 Å². The van der Waals surface area contributed by atoms with E-state index in [2.05, 4.69) is 0 Å². The van der Waals surface area contributed by atoms with Crippen LogP contribution in [-0.2, 0) is 4.74 Å². The molecule has 0 radical (unpaired) electrons. The van der Waals surface area contributed by atoms with Gasteiger partial charge in [0, 0.05) is 12.7 Å². The average Bonchev–Trinajstić information content (AvgIpc) is 2.19. The highest BCUT2D eigenvalue weighted by atomic mass is 19.1. The first-order chi connectivity index (χ1) is 7.06. The van der Waals surface area contributed by atoms with Crippen molar-refractivity contribution in [2.24, 2.45) is 5.92 Å². The van der Waals surface area contributed by atoms with Crippen LogP contribution in [0.5, 0.6) is 0 Å². The van der Waals surface area contributed by atoms with Gasteiger partial charge in [0.1, 0.15) is 11.9 Å². The van der Waals surface area contributed by atoms with Crippen molar-refractivity contribution in [3.8, 4) is 0 Å². The van der Waals surface area contributed by atoms with E-state index in [1.54, 1.807) is 0 Å². The first-order valence-corrected chi connectivity index (χ1v) is 4.89. The Morgan fingerprint density at radius 3 is 2.20 bits per heavy atom. The van der Waals surface area contributed by atoms with Crippen LogP contribution in [0.15, 0.2) is 24.3 Å². The van der Waals surface area contributed by atoms with Crippen LogP contribution in [0.3, 0.4) is 0 Å². The monoisotopic (exact) mass is 210 g/mol. The van der Waals surface area contributed by atoms with Crippen LogP contribution in [-0.4, -0.2) is 19.0 Å². The number of ether oxygens (including phenoxy) is 1. The van der Waals surface area contributed by atoms with E-state index in [9.17, 15) is 9.18 Å². The van der Waals surface area contributed by atoms with Gasteiger partial charge in [-0.1, -0.05) is 13.8 Å². The fourth-order valence-electron chi connectivity index (χ4n) is 1.46. The molecule has 82 valence electrons. The van der Waals surface area contributed by atoms with E-state index in [0.29, 0.717) is 5.56 Å². The van der Waals surface area contributed by atoms with Crippen LogP contribution >= 0.6 is 0 Å². The van der Waals surface area contributed by atoms with Crippen molar-refractivity contribution in [2.45, 2.75) is 20.0 Å². The predicted molar refractivity (Wildman–Crippen MR) is 56.4 cm³/mol. The highest BCUT2D eigenvalue weighted by molar-refractivity contribution is 5.99. The van der Waals surface area contributed by atoms with Crippen LogP contribution in [0.2, 0.25) is 0 Å². The highest BCUT2D eigenvalue weighted by Crippen LogP contribution is 2.13. The van der Waals surface area contributed by atoms with Crippen LogP contribution < -0.4 is 0 Å². The van der Waals surface area contributed by atoms with Crippen molar-refractivity contribution in [1.29, 1.82) is 0 Å². The Bertz CT molecular complexity index is 330. The zero-order valence-corrected chi connectivity index (χ0v) is 9.16. The number of hydrogen-bond acceptors (Lipinski definition) is 2. The summed E-state index contributed by atoms with van der Waals surface area (Å²) in [4.78, 5) is 11.9. The minimum atomic E-state index is -0.463. The second-order valence-corrected chi connectivity index (χ2v) is 3.77. The average molecular weight is 210 g/mol. The fraction of sp³-hybridized carbons (Fsp3) is 0.417. The number of rotatable bonds is 4. The molecule has 0 aliphatic heterocycles. The van der Waals surface area contributed by atoms with Crippen molar-refractivity contribution in [2.75, 3.05) is 7.11 Å². The molecule has 1 aromatic carbocycles. The van der Waals surface area contributed by atoms with Gasteiger partial charge < -0.3 is 4.74 Å². The minimum absolute atomic E-state index is 0.104. The van der Waals surface area contributed by atoms with Gasteiger partial charge in [-0.2, -0.15) is 0 Å². The van der Waals surface area contributed by atoms with Gasteiger partial charge in [0.25, 0.3) is 0 Å². The summed E-state index contributed by atoms with van der Waals surface area (Å²) >= 11 is 0. The SMILES string of the molecule is COC(C(=O)c1ccc(F)cc1)C(C)C. The molecule has 0 aliphatic carbocycles. The summed E-state index contributed by atoms with van der Waals surface area (Å²) in [5.74, 6) is -0.342. The quantitative estimate of drug-likeness (QED) is 0.714. The molecule has 0 N–H and O–H groups in total. The standard InChI is InChI=1S/C12H15FO2/c1-8(2)12(15-3)11(14)9-4-6-10(13)7-5-9/h4-8,12H,1-3H3. The lowest BCUT2D eigenvalue weighted by atomic mass is 9.98. The molecule has 0 aliphatic rings. The zero-order chi connectivity index (χ0) is 11.4. The number of carbonyl (C=O) groups excluding carboxylic acids is 1. The number of halogens is 1. The molecule has 1 atom stereocenters. The molecule has 0 aromatic heterocycles. The number of ketones is 1. The molecule has 0 heterocycles. The topological polar surface area (TPSA) is 26.3 Å². The number of carbonyl (C=O) groups is 1. The Hall–Kier alpha value is -1.22. The molecular formula is C12H15FO2. The Morgan fingerprint density at radius 1 is 1.27 bits per heavy atom. The lowest BCUT2D eigenvalue weighted by Gasteiger charge is -2.17. The lowest BCUT2D eigenvalue weighted by molar-refractivity contribution is 0.0458. The van der Waals surface area contributed by atoms with Crippen LogP contribution in [0.25, 0.3) is 0 Å². The normalized spacial score (nSPS) is 12.9. The van der Waals surface area contributed by atoms with Crippen molar-refractivity contribution in [1.82, 2.24) is 0 Å². The predicted octanol–water partition coefficient (Wildman–Crippen LogP) is 2.68. The van der Waals surface area contributed by atoms with E-state index in [0.717, 1.165) is 0 Å². The Kier molecular flexibility index (Phi) is 3.97. The van der Waals surface area contributed by atoms with Crippen molar-refractivity contribution < 1.29 is 13.9 Å². The summed E-state index contributed by atoms with van der Waals surface area (Å²) in [5, 5.41) is 0. The van der Waals surface area contributed by atoms with Crippen LogP contribution in [0.1, 0.15) is 24.2 Å². The summed E-state index contributed by atoms with van der Waals surface area (Å²) in [5.41, 5.74) is 0.483. The summed E-state index contributed by atoms with van der Waals surface area (Å²) in [6.45, 7) is 3.82. The van der Waals surface area contributed by atoms with E-state index >= 15 is 0 Å². The summed E-state index contributed by atoms with van der Waals surface area (Å²) in [6.07, 6.45) is -0.463. The maximum absolute atomic E-state index is 12.6. The molecule has 0 fully saturated rings. The van der Waals surface area contributed by atoms with E-state index in [1.807, 2.05) is 13.8 Å². The smallest absolute Gasteiger partial charge is 0.191 e. The van der Waals surface area contributed by atoms with E-state index in [-0.39, 0.29) is 17.5 Å². The number of hydrogen-bond donors (Lipinski definition) is 0. The van der Waals surface area contributed by atoms with Gasteiger partial charge in [-0.3, -0.25) is 4.79 Å². The molecule has 2 nitrogen and oxygen atoms in total. The molecule has 15 heavy (non-hydrogen) atoms. The molecular weight excluding hydrogens is 195 g/mol. The van der Waals surface area contributed by atoms with Crippen LogP contribution in [0.4, 0.5) is 4.39 Å². The van der Waals surface area contributed by atoms with Crippen LogP contribution in [0, 0.1) is 11.7 Å². The maximum Gasteiger partial charge on any atom is 0.191 e. The number of methoxy groups -OCH3 is 1. The van der Waals surface area contributed by atoms with Gasteiger partial charge in [0.2, 0.25) is 0 Å². The molecule has 0 saturated heterocycles. The van der Waals surface area contributed by atoms with Gasteiger partial charge >= 0.3 is 0 Å².